The lowest BCUT2D eigenvalue weighted by atomic mass is 9.85. The topological polar surface area (TPSA) is 52.6 Å². The van der Waals surface area contributed by atoms with Crippen LogP contribution in [-0.2, 0) is 19.1 Å². The van der Waals surface area contributed by atoms with E-state index < -0.39 is 11.5 Å². The van der Waals surface area contributed by atoms with E-state index in [0.717, 1.165) is 0 Å². The summed E-state index contributed by atoms with van der Waals surface area (Å²) in [6.45, 7) is 7.47. The van der Waals surface area contributed by atoms with Crippen molar-refractivity contribution in [3.8, 4) is 0 Å². The van der Waals surface area contributed by atoms with E-state index in [4.69, 9.17) is 9.47 Å². The normalized spacial score (nSPS) is 28.6. The second kappa shape index (κ2) is 5.14. The monoisotopic (exact) mass is 226 g/mol. The fourth-order valence-electron chi connectivity index (χ4n) is 1.94. The highest BCUT2D eigenvalue weighted by atomic mass is 16.6. The van der Waals surface area contributed by atoms with Gasteiger partial charge in [0.25, 0.3) is 0 Å². The molecule has 16 heavy (non-hydrogen) atoms. The molecule has 0 saturated carbocycles. The van der Waals surface area contributed by atoms with Gasteiger partial charge in [0.05, 0.1) is 13.0 Å². The molecule has 4 heteroatoms. The zero-order valence-corrected chi connectivity index (χ0v) is 9.82. The van der Waals surface area contributed by atoms with Crippen LogP contribution in [-0.4, -0.2) is 24.1 Å². The van der Waals surface area contributed by atoms with Crippen molar-refractivity contribution in [1.29, 1.82) is 0 Å². The van der Waals surface area contributed by atoms with Crippen LogP contribution in [0.2, 0.25) is 0 Å². The van der Waals surface area contributed by atoms with Crippen LogP contribution >= 0.6 is 0 Å². The molecule has 1 heterocycles. The van der Waals surface area contributed by atoms with E-state index in [1.807, 2.05) is 0 Å². The fraction of sp³-hybridized carbons (Fsp3) is 0.667. The van der Waals surface area contributed by atoms with E-state index >= 15 is 0 Å². The molecule has 0 aromatic carbocycles. The minimum absolute atomic E-state index is 0.118. The van der Waals surface area contributed by atoms with Crippen molar-refractivity contribution >= 4 is 11.9 Å². The molecule has 2 atom stereocenters. The van der Waals surface area contributed by atoms with Crippen molar-refractivity contribution in [3.05, 3.63) is 12.7 Å². The predicted octanol–water partition coefficient (Wildman–Crippen LogP) is 1.84. The van der Waals surface area contributed by atoms with Crippen LogP contribution in [0.4, 0.5) is 0 Å². The first-order valence-corrected chi connectivity index (χ1v) is 5.53. The Bertz CT molecular complexity index is 297. The third-order valence-corrected chi connectivity index (χ3v) is 2.87. The Morgan fingerprint density at radius 2 is 2.44 bits per heavy atom. The molecule has 0 N–H and O–H groups in total. The highest BCUT2D eigenvalue weighted by Gasteiger charge is 2.49. The van der Waals surface area contributed by atoms with Gasteiger partial charge in [-0.2, -0.15) is 0 Å². The van der Waals surface area contributed by atoms with Gasteiger partial charge in [0, 0.05) is 0 Å². The molecule has 1 fully saturated rings. The highest BCUT2D eigenvalue weighted by molar-refractivity contribution is 5.84. The van der Waals surface area contributed by atoms with Crippen molar-refractivity contribution in [2.24, 2.45) is 5.92 Å². The first kappa shape index (κ1) is 12.7. The largest absolute Gasteiger partial charge is 0.466 e. The summed E-state index contributed by atoms with van der Waals surface area (Å²) in [7, 11) is 0. The average molecular weight is 226 g/mol. The van der Waals surface area contributed by atoms with E-state index in [9.17, 15) is 9.59 Å². The second-order valence-corrected chi connectivity index (χ2v) is 4.12. The highest BCUT2D eigenvalue weighted by Crippen LogP contribution is 2.37. The lowest BCUT2D eigenvalue weighted by Gasteiger charge is -2.27. The van der Waals surface area contributed by atoms with Gasteiger partial charge in [0.15, 0.2) is 0 Å². The maximum Gasteiger partial charge on any atom is 0.313 e. The summed E-state index contributed by atoms with van der Waals surface area (Å²) in [6.07, 6.45) is 3.18. The average Bonchev–Trinajstić information content (AvgIpc) is 2.52. The number of hydrogen-bond acceptors (Lipinski definition) is 4. The zero-order chi connectivity index (χ0) is 12.2. The quantitative estimate of drug-likeness (QED) is 0.530. The molecule has 0 bridgehead atoms. The van der Waals surface area contributed by atoms with E-state index in [0.29, 0.717) is 19.4 Å². The summed E-state index contributed by atoms with van der Waals surface area (Å²) >= 11 is 0. The molecular weight excluding hydrogens is 208 g/mol. The Balaban J connectivity index is 2.75. The third-order valence-electron chi connectivity index (χ3n) is 2.87. The fourth-order valence-corrected chi connectivity index (χ4v) is 1.94. The summed E-state index contributed by atoms with van der Waals surface area (Å²) in [5, 5.41) is 0. The first-order chi connectivity index (χ1) is 7.53. The van der Waals surface area contributed by atoms with Crippen LogP contribution in [0.25, 0.3) is 0 Å². The van der Waals surface area contributed by atoms with Gasteiger partial charge in [0.1, 0.15) is 11.5 Å². The van der Waals surface area contributed by atoms with Crippen molar-refractivity contribution in [3.63, 3.8) is 0 Å². The van der Waals surface area contributed by atoms with E-state index in [1.54, 1.807) is 19.9 Å². The van der Waals surface area contributed by atoms with Gasteiger partial charge in [-0.15, -0.1) is 6.58 Å². The van der Waals surface area contributed by atoms with Crippen LogP contribution in [0.3, 0.4) is 0 Å². The number of cyclic esters (lactones) is 1. The van der Waals surface area contributed by atoms with Crippen molar-refractivity contribution in [2.75, 3.05) is 6.61 Å². The minimum Gasteiger partial charge on any atom is -0.466 e. The number of esters is 2. The molecule has 1 rings (SSSR count). The first-order valence-electron chi connectivity index (χ1n) is 5.53. The molecule has 0 aromatic heterocycles. The Labute approximate surface area is 95.6 Å². The van der Waals surface area contributed by atoms with Crippen molar-refractivity contribution < 1.29 is 19.1 Å². The number of hydrogen-bond donors (Lipinski definition) is 0. The van der Waals surface area contributed by atoms with Gasteiger partial charge in [-0.05, 0) is 26.7 Å². The predicted molar refractivity (Wildman–Crippen MR) is 58.7 cm³/mol. The number of carbonyl (C=O) groups is 2. The van der Waals surface area contributed by atoms with Crippen LogP contribution in [0.5, 0.6) is 0 Å². The number of ether oxygens (including phenoxy) is 2. The molecule has 90 valence electrons. The smallest absolute Gasteiger partial charge is 0.313 e. The van der Waals surface area contributed by atoms with Gasteiger partial charge in [-0.1, -0.05) is 6.08 Å². The summed E-state index contributed by atoms with van der Waals surface area (Å²) in [4.78, 5) is 23.0. The van der Waals surface area contributed by atoms with Crippen LogP contribution < -0.4 is 0 Å². The number of allylic oxidation sites excluding steroid dienone is 1. The molecule has 0 spiro atoms. The second-order valence-electron chi connectivity index (χ2n) is 4.12. The molecule has 1 saturated heterocycles. The zero-order valence-electron chi connectivity index (χ0n) is 9.82. The van der Waals surface area contributed by atoms with E-state index in [1.165, 1.54) is 0 Å². The van der Waals surface area contributed by atoms with Gasteiger partial charge in [0.2, 0.25) is 0 Å². The molecule has 1 aliphatic rings. The summed E-state index contributed by atoms with van der Waals surface area (Å²) in [5.41, 5.74) is -0.739. The molecule has 0 amide bonds. The molecule has 0 aliphatic carbocycles. The SMILES string of the molecule is C=CCCC1(C)OC(=O)CC1C(=O)OCC. The van der Waals surface area contributed by atoms with Gasteiger partial charge in [-0.3, -0.25) is 9.59 Å². The Morgan fingerprint density at radius 1 is 1.75 bits per heavy atom. The Hall–Kier alpha value is -1.32. The maximum absolute atomic E-state index is 11.7. The lowest BCUT2D eigenvalue weighted by molar-refractivity contribution is -0.157. The minimum atomic E-state index is -0.739. The Kier molecular flexibility index (Phi) is 4.10. The number of rotatable bonds is 5. The van der Waals surface area contributed by atoms with Crippen molar-refractivity contribution in [2.45, 2.75) is 38.7 Å². The van der Waals surface area contributed by atoms with E-state index in [2.05, 4.69) is 6.58 Å². The number of carbonyl (C=O) groups excluding carboxylic acids is 2. The molecule has 0 radical (unpaired) electrons. The van der Waals surface area contributed by atoms with Crippen LogP contribution in [0.1, 0.15) is 33.1 Å². The van der Waals surface area contributed by atoms with Gasteiger partial charge in [-0.25, -0.2) is 0 Å². The molecule has 4 nitrogen and oxygen atoms in total. The molecular formula is C12H18O4. The Morgan fingerprint density at radius 3 is 3.00 bits per heavy atom. The van der Waals surface area contributed by atoms with E-state index in [-0.39, 0.29) is 18.4 Å². The van der Waals surface area contributed by atoms with Crippen molar-refractivity contribution in [1.82, 2.24) is 0 Å². The summed E-state index contributed by atoms with van der Waals surface area (Å²) in [6, 6.07) is 0. The third kappa shape index (κ3) is 2.62. The maximum atomic E-state index is 11.7. The summed E-state index contributed by atoms with van der Waals surface area (Å²) in [5.74, 6) is -1.16. The molecule has 2 unspecified atom stereocenters. The lowest BCUT2D eigenvalue weighted by Crippen LogP contribution is -2.37. The summed E-state index contributed by atoms with van der Waals surface area (Å²) < 4.78 is 10.2. The van der Waals surface area contributed by atoms with Crippen LogP contribution in [0, 0.1) is 5.92 Å². The standard InChI is InChI=1S/C12H18O4/c1-4-6-7-12(3)9(8-10(13)16-12)11(14)15-5-2/h4,9H,1,5-8H2,2-3H3. The van der Waals surface area contributed by atoms with Crippen LogP contribution in [0.15, 0.2) is 12.7 Å². The molecule has 1 aliphatic heterocycles. The molecule has 0 aromatic rings. The van der Waals surface area contributed by atoms with Gasteiger partial charge < -0.3 is 9.47 Å². The van der Waals surface area contributed by atoms with Gasteiger partial charge >= 0.3 is 11.9 Å².